The molecule has 0 N–H and O–H groups in total. The summed E-state index contributed by atoms with van der Waals surface area (Å²) >= 11 is 0. The van der Waals surface area contributed by atoms with E-state index in [0.29, 0.717) is 5.95 Å². The molecular formula is C48H28N4. The topological polar surface area (TPSA) is 43.6 Å². The predicted octanol–water partition coefficient (Wildman–Crippen LogP) is 11.3. The van der Waals surface area contributed by atoms with E-state index in [2.05, 4.69) is 144 Å². The van der Waals surface area contributed by atoms with Crippen molar-refractivity contribution >= 4 is 43.5 Å². The van der Waals surface area contributed by atoms with Crippen molar-refractivity contribution in [2.24, 2.45) is 0 Å². The molecule has 3 aromatic heterocycles. The summed E-state index contributed by atoms with van der Waals surface area (Å²) in [7, 11) is 0. The van der Waals surface area contributed by atoms with Crippen LogP contribution in [0.3, 0.4) is 0 Å². The lowest BCUT2D eigenvalue weighted by Gasteiger charge is -2.31. The van der Waals surface area contributed by atoms with Crippen LogP contribution in [0.2, 0.25) is 0 Å². The predicted molar refractivity (Wildman–Crippen MR) is 211 cm³/mol. The van der Waals surface area contributed by atoms with Crippen molar-refractivity contribution in [2.45, 2.75) is 5.41 Å². The van der Waals surface area contributed by atoms with Crippen LogP contribution in [0.15, 0.2) is 170 Å². The summed E-state index contributed by atoms with van der Waals surface area (Å²) in [5, 5.41) is 5.86. The van der Waals surface area contributed by atoms with Gasteiger partial charge in [0.05, 0.1) is 27.7 Å². The highest BCUT2D eigenvalue weighted by Crippen LogP contribution is 2.66. The summed E-state index contributed by atoms with van der Waals surface area (Å²) in [5.74, 6) is 0.633. The summed E-state index contributed by atoms with van der Waals surface area (Å²) in [5.41, 5.74) is 14.5. The number of hydrogen-bond donors (Lipinski definition) is 0. The number of para-hydroxylation sites is 2. The maximum atomic E-state index is 5.46. The highest BCUT2D eigenvalue weighted by Gasteiger charge is 2.53. The van der Waals surface area contributed by atoms with Crippen molar-refractivity contribution < 1.29 is 0 Å². The van der Waals surface area contributed by atoms with Gasteiger partial charge >= 0.3 is 0 Å². The molecular weight excluding hydrogens is 633 g/mol. The van der Waals surface area contributed by atoms with Gasteiger partial charge < -0.3 is 0 Å². The fourth-order valence-electron chi connectivity index (χ4n) is 9.59. The molecule has 7 aromatic carbocycles. The second-order valence-corrected chi connectivity index (χ2v) is 13.9. The molecule has 10 aromatic rings. The molecule has 0 saturated heterocycles. The second-order valence-electron chi connectivity index (χ2n) is 13.9. The van der Waals surface area contributed by atoms with Gasteiger partial charge in [0.25, 0.3) is 0 Å². The SMILES string of the molecule is c1ccc(-c2nc(-n3c4ccccc4c4c5ccccc5c5c(c43)C3(c4ccccc4-c4ccccc43)c3ccccc3-5)nc3ccccc23)nc1. The molecule has 240 valence electrons. The number of rotatable bonds is 2. The second kappa shape index (κ2) is 10.1. The maximum absolute atomic E-state index is 5.46. The van der Waals surface area contributed by atoms with Crippen LogP contribution in [0.25, 0.3) is 83.1 Å². The Hall–Kier alpha value is -6.91. The molecule has 4 nitrogen and oxygen atoms in total. The van der Waals surface area contributed by atoms with Gasteiger partial charge in [0.15, 0.2) is 0 Å². The Morgan fingerprint density at radius 2 is 1.04 bits per heavy atom. The Kier molecular flexibility index (Phi) is 5.40. The van der Waals surface area contributed by atoms with Crippen LogP contribution >= 0.6 is 0 Å². The molecule has 2 aliphatic rings. The van der Waals surface area contributed by atoms with E-state index in [0.717, 1.165) is 33.3 Å². The number of benzene rings is 7. The van der Waals surface area contributed by atoms with Crippen LogP contribution in [0.5, 0.6) is 0 Å². The minimum absolute atomic E-state index is 0.561. The third kappa shape index (κ3) is 3.34. The summed E-state index contributed by atoms with van der Waals surface area (Å²) < 4.78 is 2.35. The molecule has 0 amide bonds. The molecule has 3 heterocycles. The maximum Gasteiger partial charge on any atom is 0.235 e. The molecule has 0 atom stereocenters. The Balaban J connectivity index is 1.36. The van der Waals surface area contributed by atoms with E-state index in [4.69, 9.17) is 15.0 Å². The van der Waals surface area contributed by atoms with Crippen molar-refractivity contribution in [2.75, 3.05) is 0 Å². The highest BCUT2D eigenvalue weighted by molar-refractivity contribution is 6.27. The first-order chi connectivity index (χ1) is 25.8. The van der Waals surface area contributed by atoms with E-state index in [9.17, 15) is 0 Å². The molecule has 0 fully saturated rings. The van der Waals surface area contributed by atoms with Crippen LogP contribution in [0.4, 0.5) is 0 Å². The van der Waals surface area contributed by atoms with Gasteiger partial charge in [0, 0.05) is 27.9 Å². The van der Waals surface area contributed by atoms with Crippen molar-refractivity contribution in [3.05, 3.63) is 192 Å². The van der Waals surface area contributed by atoms with E-state index in [-0.39, 0.29) is 0 Å². The molecule has 0 radical (unpaired) electrons. The van der Waals surface area contributed by atoms with E-state index < -0.39 is 5.41 Å². The molecule has 12 rings (SSSR count). The average molecular weight is 661 g/mol. The average Bonchev–Trinajstić information content (AvgIpc) is 3.83. The van der Waals surface area contributed by atoms with Gasteiger partial charge in [0.2, 0.25) is 5.95 Å². The molecule has 1 spiro atoms. The number of hydrogen-bond acceptors (Lipinski definition) is 3. The van der Waals surface area contributed by atoms with Gasteiger partial charge in [-0.15, -0.1) is 0 Å². The van der Waals surface area contributed by atoms with Crippen LogP contribution in [-0.4, -0.2) is 19.5 Å². The summed E-state index contributed by atoms with van der Waals surface area (Å²) in [6.45, 7) is 0. The van der Waals surface area contributed by atoms with Crippen LogP contribution in [0, 0.1) is 0 Å². The Morgan fingerprint density at radius 1 is 0.462 bits per heavy atom. The summed E-state index contributed by atoms with van der Waals surface area (Å²) in [6.07, 6.45) is 1.83. The zero-order valence-electron chi connectivity index (χ0n) is 28.0. The van der Waals surface area contributed by atoms with Gasteiger partial charge in [-0.25, -0.2) is 9.97 Å². The van der Waals surface area contributed by atoms with Gasteiger partial charge in [-0.05, 0) is 74.0 Å². The first-order valence-corrected chi connectivity index (χ1v) is 17.8. The van der Waals surface area contributed by atoms with Gasteiger partial charge in [-0.2, -0.15) is 0 Å². The van der Waals surface area contributed by atoms with Crippen molar-refractivity contribution in [3.8, 4) is 39.6 Å². The van der Waals surface area contributed by atoms with Crippen LogP contribution in [-0.2, 0) is 5.41 Å². The Bertz CT molecular complexity index is 3090. The molecule has 52 heavy (non-hydrogen) atoms. The van der Waals surface area contributed by atoms with E-state index in [1.54, 1.807) is 0 Å². The Morgan fingerprint density at radius 3 is 1.77 bits per heavy atom. The number of aromatic nitrogens is 4. The zero-order chi connectivity index (χ0) is 34.0. The lowest BCUT2D eigenvalue weighted by molar-refractivity contribution is 0.796. The summed E-state index contributed by atoms with van der Waals surface area (Å²) in [4.78, 5) is 15.6. The fraction of sp³-hybridized carbons (Fsp3) is 0.0208. The number of nitrogens with zero attached hydrogens (tertiary/aromatic N) is 4. The first kappa shape index (κ1) is 27.9. The largest absolute Gasteiger partial charge is 0.277 e. The third-order valence-electron chi connectivity index (χ3n) is 11.5. The normalized spacial score (nSPS) is 13.5. The first-order valence-electron chi connectivity index (χ1n) is 17.8. The fourth-order valence-corrected chi connectivity index (χ4v) is 9.59. The smallest absolute Gasteiger partial charge is 0.235 e. The molecule has 2 aliphatic carbocycles. The minimum Gasteiger partial charge on any atom is -0.277 e. The molecule has 0 aliphatic heterocycles. The van der Waals surface area contributed by atoms with E-state index >= 15 is 0 Å². The number of pyridine rings is 1. The summed E-state index contributed by atoms with van der Waals surface area (Å²) in [6, 6.07) is 59.1. The van der Waals surface area contributed by atoms with Crippen molar-refractivity contribution in [3.63, 3.8) is 0 Å². The van der Waals surface area contributed by atoms with Crippen LogP contribution in [0.1, 0.15) is 22.3 Å². The van der Waals surface area contributed by atoms with Gasteiger partial charge in [0.1, 0.15) is 5.69 Å². The molecule has 0 bridgehead atoms. The van der Waals surface area contributed by atoms with E-state index in [1.165, 1.54) is 66.1 Å². The lowest BCUT2D eigenvalue weighted by atomic mass is 9.70. The number of fused-ring (bicyclic) bond motifs is 18. The van der Waals surface area contributed by atoms with Crippen LogP contribution < -0.4 is 0 Å². The third-order valence-corrected chi connectivity index (χ3v) is 11.5. The zero-order valence-corrected chi connectivity index (χ0v) is 28.0. The lowest BCUT2D eigenvalue weighted by Crippen LogP contribution is -2.26. The van der Waals surface area contributed by atoms with Gasteiger partial charge in [-0.1, -0.05) is 140 Å². The molecule has 4 heteroatoms. The minimum atomic E-state index is -0.561. The van der Waals surface area contributed by atoms with E-state index in [1.807, 2.05) is 30.5 Å². The Labute approximate surface area is 299 Å². The van der Waals surface area contributed by atoms with Gasteiger partial charge in [-0.3, -0.25) is 9.55 Å². The standard InChI is InChI=1S/C48H28N4/c1-2-18-32-31(17-1)42-33-19-5-10-24-38(33)48(36-22-8-3-15-29(36)30-16-4-9-23-37(30)48)44(42)46-43(32)35-21-7-12-27-41(35)52(46)47-50-39-25-11-6-20-34(39)45(51-47)40-26-13-14-28-49-40/h1-28H. The molecule has 0 saturated carbocycles. The molecule has 0 unspecified atom stereocenters. The quantitative estimate of drug-likeness (QED) is 0.185. The van der Waals surface area contributed by atoms with Crippen molar-refractivity contribution in [1.29, 1.82) is 0 Å². The van der Waals surface area contributed by atoms with Crippen molar-refractivity contribution in [1.82, 2.24) is 19.5 Å². The monoisotopic (exact) mass is 660 g/mol. The highest BCUT2D eigenvalue weighted by atomic mass is 15.2.